The molecule has 0 aliphatic rings. The van der Waals surface area contributed by atoms with Crippen LogP contribution in [0.2, 0.25) is 5.02 Å². The number of nitrogens with zero attached hydrogens (tertiary/aromatic N) is 2. The maximum Gasteiger partial charge on any atom is 0.126 e. The second kappa shape index (κ2) is 4.62. The smallest absolute Gasteiger partial charge is 0.126 e. The van der Waals surface area contributed by atoms with Gasteiger partial charge in [-0.3, -0.25) is 0 Å². The Morgan fingerprint density at radius 1 is 1.35 bits per heavy atom. The fourth-order valence-electron chi connectivity index (χ4n) is 1.74. The summed E-state index contributed by atoms with van der Waals surface area (Å²) in [4.78, 5) is 0. The molecule has 0 radical (unpaired) electrons. The van der Waals surface area contributed by atoms with Gasteiger partial charge >= 0.3 is 0 Å². The quantitative estimate of drug-likeness (QED) is 0.886. The van der Waals surface area contributed by atoms with Gasteiger partial charge in [0.1, 0.15) is 11.8 Å². The number of aliphatic hydroxyl groups excluding tert-OH is 1. The van der Waals surface area contributed by atoms with Crippen LogP contribution in [0.1, 0.15) is 17.0 Å². The van der Waals surface area contributed by atoms with Crippen LogP contribution in [0.4, 0.5) is 0 Å². The Morgan fingerprint density at radius 3 is 2.53 bits per heavy atom. The molecule has 3 nitrogen and oxygen atoms in total. The Balaban J connectivity index is 2.56. The van der Waals surface area contributed by atoms with Gasteiger partial charge in [-0.15, -0.1) is 0 Å². The molecule has 1 aromatic carbocycles. The molecule has 1 heterocycles. The summed E-state index contributed by atoms with van der Waals surface area (Å²) in [6.07, 6.45) is 0. The number of aliphatic hydroxyl groups is 1. The molecule has 0 saturated carbocycles. The fourth-order valence-corrected chi connectivity index (χ4v) is 1.93. The summed E-state index contributed by atoms with van der Waals surface area (Å²) in [6, 6.07) is 11.1. The molecule has 0 aliphatic carbocycles. The van der Waals surface area contributed by atoms with Gasteiger partial charge < -0.3 is 9.67 Å². The lowest BCUT2D eigenvalue weighted by molar-refractivity contribution is 0.282. The number of rotatable bonds is 2. The van der Waals surface area contributed by atoms with E-state index in [1.165, 1.54) is 0 Å². The highest BCUT2D eigenvalue weighted by Gasteiger charge is 2.11. The largest absolute Gasteiger partial charge is 0.392 e. The summed E-state index contributed by atoms with van der Waals surface area (Å²) < 4.78 is 1.80. The Labute approximate surface area is 104 Å². The number of hydrogen-bond acceptors (Lipinski definition) is 2. The molecule has 0 fully saturated rings. The first kappa shape index (κ1) is 11.7. The van der Waals surface area contributed by atoms with Gasteiger partial charge in [-0.2, -0.15) is 5.26 Å². The maximum atomic E-state index is 9.05. The minimum Gasteiger partial charge on any atom is -0.392 e. The van der Waals surface area contributed by atoms with Crippen LogP contribution in [0.25, 0.3) is 5.69 Å². The third-order valence-electron chi connectivity index (χ3n) is 2.68. The van der Waals surface area contributed by atoms with Crippen molar-refractivity contribution in [1.82, 2.24) is 4.57 Å². The zero-order valence-electron chi connectivity index (χ0n) is 9.31. The van der Waals surface area contributed by atoms with Gasteiger partial charge in [0, 0.05) is 11.4 Å². The zero-order chi connectivity index (χ0) is 12.4. The average molecular weight is 247 g/mol. The third kappa shape index (κ3) is 2.05. The molecule has 17 heavy (non-hydrogen) atoms. The molecule has 0 spiro atoms. The number of aromatic nitrogens is 1. The molecule has 86 valence electrons. The number of nitriles is 1. The van der Waals surface area contributed by atoms with E-state index in [1.807, 2.05) is 31.2 Å². The van der Waals surface area contributed by atoms with Crippen molar-refractivity contribution < 1.29 is 5.11 Å². The SMILES string of the molecule is Cc1c(Cl)cc(C#N)n1-c1ccc(CO)cc1. The first-order chi connectivity index (χ1) is 8.17. The van der Waals surface area contributed by atoms with Crippen molar-refractivity contribution in [2.75, 3.05) is 0 Å². The highest BCUT2D eigenvalue weighted by molar-refractivity contribution is 6.31. The Kier molecular flexibility index (Phi) is 3.19. The van der Waals surface area contributed by atoms with Gasteiger partial charge in [0.15, 0.2) is 0 Å². The Bertz CT molecular complexity index is 579. The van der Waals surface area contributed by atoms with Gasteiger partial charge in [-0.05, 0) is 30.7 Å². The van der Waals surface area contributed by atoms with Crippen LogP contribution in [0.3, 0.4) is 0 Å². The van der Waals surface area contributed by atoms with Crippen LogP contribution >= 0.6 is 11.6 Å². The summed E-state index contributed by atoms with van der Waals surface area (Å²) in [7, 11) is 0. The molecular formula is C13H11ClN2O. The lowest BCUT2D eigenvalue weighted by Gasteiger charge is -2.08. The zero-order valence-corrected chi connectivity index (χ0v) is 10.1. The molecule has 0 unspecified atom stereocenters. The van der Waals surface area contributed by atoms with E-state index < -0.39 is 0 Å². The molecule has 2 rings (SSSR count). The van der Waals surface area contributed by atoms with Gasteiger partial charge in [0.2, 0.25) is 0 Å². The highest BCUT2D eigenvalue weighted by atomic mass is 35.5. The van der Waals surface area contributed by atoms with Crippen molar-refractivity contribution in [3.63, 3.8) is 0 Å². The first-order valence-corrected chi connectivity index (χ1v) is 5.53. The predicted molar refractivity (Wildman–Crippen MR) is 66.2 cm³/mol. The van der Waals surface area contributed by atoms with Crippen molar-refractivity contribution >= 4 is 11.6 Å². The monoisotopic (exact) mass is 246 g/mol. The summed E-state index contributed by atoms with van der Waals surface area (Å²) in [5, 5.41) is 18.6. The van der Waals surface area contributed by atoms with Crippen LogP contribution < -0.4 is 0 Å². The van der Waals surface area contributed by atoms with Crippen molar-refractivity contribution in [2.45, 2.75) is 13.5 Å². The van der Waals surface area contributed by atoms with E-state index in [0.717, 1.165) is 16.9 Å². The molecule has 0 bridgehead atoms. The summed E-state index contributed by atoms with van der Waals surface area (Å²) in [5.74, 6) is 0. The van der Waals surface area contributed by atoms with Crippen LogP contribution in [0.5, 0.6) is 0 Å². The topological polar surface area (TPSA) is 49.0 Å². The molecule has 1 aromatic heterocycles. The minimum atomic E-state index is 0.0107. The molecular weight excluding hydrogens is 236 g/mol. The van der Waals surface area contributed by atoms with Crippen LogP contribution in [-0.4, -0.2) is 9.67 Å². The van der Waals surface area contributed by atoms with Crippen LogP contribution in [0, 0.1) is 18.3 Å². The number of halogens is 1. The van der Waals surface area contributed by atoms with Gasteiger partial charge in [-0.25, -0.2) is 0 Å². The van der Waals surface area contributed by atoms with E-state index in [1.54, 1.807) is 10.6 Å². The second-order valence-electron chi connectivity index (χ2n) is 3.73. The predicted octanol–water partition coefficient (Wildman–Crippen LogP) is 2.80. The first-order valence-electron chi connectivity index (χ1n) is 5.15. The van der Waals surface area contributed by atoms with Crippen molar-refractivity contribution in [1.29, 1.82) is 5.26 Å². The summed E-state index contributed by atoms with van der Waals surface area (Å²) in [6.45, 7) is 1.87. The molecule has 0 saturated heterocycles. The second-order valence-corrected chi connectivity index (χ2v) is 4.14. The average Bonchev–Trinajstić information content (AvgIpc) is 2.65. The molecule has 1 N–H and O–H groups in total. The minimum absolute atomic E-state index is 0.0107. The van der Waals surface area contributed by atoms with E-state index in [0.29, 0.717) is 10.7 Å². The standard InChI is InChI=1S/C13H11ClN2O/c1-9-13(14)6-12(7-15)16(9)11-4-2-10(8-17)3-5-11/h2-6,17H,8H2,1H3. The van der Waals surface area contributed by atoms with E-state index in [9.17, 15) is 0 Å². The molecule has 0 amide bonds. The fraction of sp³-hybridized carbons (Fsp3) is 0.154. The molecule has 2 aromatic rings. The van der Waals surface area contributed by atoms with Crippen LogP contribution in [0.15, 0.2) is 30.3 Å². The van der Waals surface area contributed by atoms with Crippen LogP contribution in [-0.2, 0) is 6.61 Å². The van der Waals surface area contributed by atoms with Gasteiger partial charge in [0.05, 0.1) is 11.6 Å². The van der Waals surface area contributed by atoms with E-state index in [2.05, 4.69) is 6.07 Å². The lowest BCUT2D eigenvalue weighted by atomic mass is 10.2. The van der Waals surface area contributed by atoms with E-state index in [-0.39, 0.29) is 6.61 Å². The lowest BCUT2D eigenvalue weighted by Crippen LogP contribution is -1.99. The highest BCUT2D eigenvalue weighted by Crippen LogP contribution is 2.24. The van der Waals surface area contributed by atoms with Gasteiger partial charge in [0.25, 0.3) is 0 Å². The maximum absolute atomic E-state index is 9.05. The van der Waals surface area contributed by atoms with Crippen molar-refractivity contribution in [2.24, 2.45) is 0 Å². The molecule has 4 heteroatoms. The normalized spacial score (nSPS) is 10.2. The third-order valence-corrected chi connectivity index (χ3v) is 3.06. The number of benzene rings is 1. The van der Waals surface area contributed by atoms with Crippen molar-refractivity contribution in [3.05, 3.63) is 52.3 Å². The molecule has 0 atom stereocenters. The molecule has 0 aliphatic heterocycles. The summed E-state index contributed by atoms with van der Waals surface area (Å²) in [5.41, 5.74) is 3.04. The Morgan fingerprint density at radius 2 is 2.00 bits per heavy atom. The van der Waals surface area contributed by atoms with Crippen molar-refractivity contribution in [3.8, 4) is 11.8 Å². The van der Waals surface area contributed by atoms with E-state index in [4.69, 9.17) is 22.0 Å². The Hall–Kier alpha value is -1.76. The van der Waals surface area contributed by atoms with E-state index >= 15 is 0 Å². The summed E-state index contributed by atoms with van der Waals surface area (Å²) >= 11 is 6.01. The number of hydrogen-bond donors (Lipinski definition) is 1. The van der Waals surface area contributed by atoms with Gasteiger partial charge in [-0.1, -0.05) is 23.7 Å².